The SMILES string of the molecule is CC1(O)OC(=O)C(c2c(F)cccc2F)=C1C1COCCO1. The van der Waals surface area contributed by atoms with Crippen LogP contribution in [0.25, 0.3) is 5.57 Å². The molecular weight excluding hydrogens is 298 g/mol. The molecule has 0 saturated carbocycles. The monoisotopic (exact) mass is 312 g/mol. The van der Waals surface area contributed by atoms with Crippen LogP contribution < -0.4 is 0 Å². The molecule has 1 aromatic rings. The maximum Gasteiger partial charge on any atom is 0.342 e. The first kappa shape index (κ1) is 15.1. The van der Waals surface area contributed by atoms with Gasteiger partial charge in [0, 0.05) is 12.5 Å². The predicted octanol–water partition coefficient (Wildman–Crippen LogP) is 1.40. The minimum atomic E-state index is -2.01. The summed E-state index contributed by atoms with van der Waals surface area (Å²) in [5.41, 5.74) is -0.910. The van der Waals surface area contributed by atoms with Crippen molar-refractivity contribution in [1.82, 2.24) is 0 Å². The first-order valence-corrected chi connectivity index (χ1v) is 6.76. The Morgan fingerprint density at radius 3 is 2.55 bits per heavy atom. The fourth-order valence-electron chi connectivity index (χ4n) is 2.72. The van der Waals surface area contributed by atoms with Gasteiger partial charge in [-0.05, 0) is 12.1 Å². The summed E-state index contributed by atoms with van der Waals surface area (Å²) in [6, 6.07) is 3.25. The summed E-state index contributed by atoms with van der Waals surface area (Å²) < 4.78 is 43.6. The highest BCUT2D eigenvalue weighted by Gasteiger charge is 2.48. The van der Waals surface area contributed by atoms with Gasteiger partial charge in [-0.15, -0.1) is 0 Å². The lowest BCUT2D eigenvalue weighted by Gasteiger charge is -2.29. The molecule has 2 atom stereocenters. The number of hydrogen-bond acceptors (Lipinski definition) is 5. The molecular formula is C15H14F2O5. The quantitative estimate of drug-likeness (QED) is 0.836. The van der Waals surface area contributed by atoms with Crippen LogP contribution in [0.5, 0.6) is 0 Å². The number of cyclic esters (lactones) is 1. The highest BCUT2D eigenvalue weighted by Crippen LogP contribution is 2.41. The molecule has 1 fully saturated rings. The van der Waals surface area contributed by atoms with E-state index in [9.17, 15) is 18.7 Å². The molecule has 7 heteroatoms. The van der Waals surface area contributed by atoms with Crippen molar-refractivity contribution in [3.63, 3.8) is 0 Å². The number of esters is 1. The van der Waals surface area contributed by atoms with Gasteiger partial charge in [0.15, 0.2) is 0 Å². The summed E-state index contributed by atoms with van der Waals surface area (Å²) in [7, 11) is 0. The fourth-order valence-corrected chi connectivity index (χ4v) is 2.72. The minimum absolute atomic E-state index is 0.0267. The Labute approximate surface area is 125 Å². The largest absolute Gasteiger partial charge is 0.426 e. The van der Waals surface area contributed by atoms with Gasteiger partial charge in [0.1, 0.15) is 17.7 Å². The van der Waals surface area contributed by atoms with Crippen LogP contribution in [-0.4, -0.2) is 42.8 Å². The number of halogens is 2. The summed E-state index contributed by atoms with van der Waals surface area (Å²) in [4.78, 5) is 12.1. The molecule has 2 heterocycles. The Morgan fingerprint density at radius 1 is 1.27 bits per heavy atom. The zero-order chi connectivity index (χ0) is 15.9. The second-order valence-corrected chi connectivity index (χ2v) is 5.19. The smallest absolute Gasteiger partial charge is 0.342 e. The van der Waals surface area contributed by atoms with Crippen molar-refractivity contribution in [1.29, 1.82) is 0 Å². The van der Waals surface area contributed by atoms with Gasteiger partial charge in [0.2, 0.25) is 5.79 Å². The summed E-state index contributed by atoms with van der Waals surface area (Å²) >= 11 is 0. The molecule has 5 nitrogen and oxygen atoms in total. The van der Waals surface area contributed by atoms with E-state index < -0.39 is 35.1 Å². The highest BCUT2D eigenvalue weighted by atomic mass is 19.1. The average Bonchev–Trinajstić information content (AvgIpc) is 2.69. The van der Waals surface area contributed by atoms with Gasteiger partial charge in [0.05, 0.1) is 31.0 Å². The molecule has 2 aliphatic rings. The van der Waals surface area contributed by atoms with E-state index in [1.165, 1.54) is 13.0 Å². The molecule has 1 aromatic carbocycles. The lowest BCUT2D eigenvalue weighted by molar-refractivity contribution is -0.181. The van der Waals surface area contributed by atoms with E-state index in [-0.39, 0.29) is 24.4 Å². The van der Waals surface area contributed by atoms with Crippen molar-refractivity contribution in [2.24, 2.45) is 0 Å². The first-order chi connectivity index (χ1) is 10.4. The van der Waals surface area contributed by atoms with Crippen molar-refractivity contribution in [2.45, 2.75) is 18.8 Å². The molecule has 118 valence electrons. The van der Waals surface area contributed by atoms with Crippen molar-refractivity contribution >= 4 is 11.5 Å². The molecule has 0 aromatic heterocycles. The van der Waals surface area contributed by atoms with Gasteiger partial charge in [-0.1, -0.05) is 6.07 Å². The van der Waals surface area contributed by atoms with Gasteiger partial charge in [0.25, 0.3) is 0 Å². The first-order valence-electron chi connectivity index (χ1n) is 6.76. The maximum atomic E-state index is 14.0. The van der Waals surface area contributed by atoms with Crippen LogP contribution in [0.1, 0.15) is 12.5 Å². The highest BCUT2D eigenvalue weighted by molar-refractivity contribution is 6.20. The number of carbonyl (C=O) groups excluding carboxylic acids is 1. The van der Waals surface area contributed by atoms with Crippen molar-refractivity contribution in [3.8, 4) is 0 Å². The third kappa shape index (κ3) is 2.41. The number of carbonyl (C=O) groups is 1. The van der Waals surface area contributed by atoms with Crippen LogP contribution >= 0.6 is 0 Å². The molecule has 22 heavy (non-hydrogen) atoms. The molecule has 3 rings (SSSR count). The van der Waals surface area contributed by atoms with E-state index in [4.69, 9.17) is 14.2 Å². The summed E-state index contributed by atoms with van der Waals surface area (Å²) in [5.74, 6) is -4.84. The zero-order valence-corrected chi connectivity index (χ0v) is 11.8. The van der Waals surface area contributed by atoms with Crippen LogP contribution in [0, 0.1) is 11.6 Å². The molecule has 0 spiro atoms. The van der Waals surface area contributed by atoms with Crippen LogP contribution in [0.2, 0.25) is 0 Å². The fraction of sp³-hybridized carbons (Fsp3) is 0.400. The number of hydrogen-bond donors (Lipinski definition) is 1. The zero-order valence-electron chi connectivity index (χ0n) is 11.8. The summed E-state index contributed by atoms with van der Waals surface area (Å²) in [6.07, 6.45) is -0.816. The van der Waals surface area contributed by atoms with Crippen LogP contribution in [0.15, 0.2) is 23.8 Å². The molecule has 0 radical (unpaired) electrons. The Hall–Kier alpha value is -1.83. The normalized spacial score (nSPS) is 28.9. The van der Waals surface area contributed by atoms with Gasteiger partial charge < -0.3 is 19.3 Å². The van der Waals surface area contributed by atoms with E-state index in [2.05, 4.69) is 0 Å². The van der Waals surface area contributed by atoms with Crippen LogP contribution in [0.4, 0.5) is 8.78 Å². The Bertz CT molecular complexity index is 627. The number of aliphatic hydroxyl groups is 1. The third-order valence-corrected chi connectivity index (χ3v) is 3.62. The molecule has 0 bridgehead atoms. The molecule has 2 aliphatic heterocycles. The Balaban J connectivity index is 2.20. The maximum absolute atomic E-state index is 14.0. The lowest BCUT2D eigenvalue weighted by atomic mass is 9.92. The standard InChI is InChI=1S/C15H14F2O5/c1-15(19)13(10-7-20-5-6-21-10)12(14(18)22-15)11-8(16)3-2-4-9(11)17/h2-4,10,19H,5-7H2,1H3. The number of rotatable bonds is 2. The topological polar surface area (TPSA) is 65.0 Å². The van der Waals surface area contributed by atoms with E-state index in [1.54, 1.807) is 0 Å². The van der Waals surface area contributed by atoms with Crippen molar-refractivity contribution in [3.05, 3.63) is 41.0 Å². The van der Waals surface area contributed by atoms with E-state index in [1.807, 2.05) is 0 Å². The summed E-state index contributed by atoms with van der Waals surface area (Å²) in [6.45, 7) is 1.89. The Morgan fingerprint density at radius 2 is 1.95 bits per heavy atom. The Kier molecular flexibility index (Phi) is 3.72. The molecule has 0 amide bonds. The second kappa shape index (κ2) is 5.42. The van der Waals surface area contributed by atoms with Crippen molar-refractivity contribution < 1.29 is 32.9 Å². The molecule has 0 aliphatic carbocycles. The lowest BCUT2D eigenvalue weighted by Crippen LogP contribution is -2.39. The van der Waals surface area contributed by atoms with E-state index in [0.717, 1.165) is 12.1 Å². The second-order valence-electron chi connectivity index (χ2n) is 5.19. The number of benzene rings is 1. The minimum Gasteiger partial charge on any atom is -0.426 e. The van der Waals surface area contributed by atoms with Crippen LogP contribution in [0.3, 0.4) is 0 Å². The average molecular weight is 312 g/mol. The molecule has 2 unspecified atom stereocenters. The van der Waals surface area contributed by atoms with Gasteiger partial charge in [-0.25, -0.2) is 13.6 Å². The van der Waals surface area contributed by atoms with Crippen molar-refractivity contribution in [2.75, 3.05) is 19.8 Å². The number of ether oxygens (including phenoxy) is 3. The van der Waals surface area contributed by atoms with Gasteiger partial charge in [-0.3, -0.25) is 0 Å². The van der Waals surface area contributed by atoms with Crippen LogP contribution in [-0.2, 0) is 19.0 Å². The van der Waals surface area contributed by atoms with E-state index >= 15 is 0 Å². The van der Waals surface area contributed by atoms with Gasteiger partial charge in [-0.2, -0.15) is 0 Å². The third-order valence-electron chi connectivity index (χ3n) is 3.62. The van der Waals surface area contributed by atoms with Gasteiger partial charge >= 0.3 is 5.97 Å². The molecule has 1 saturated heterocycles. The predicted molar refractivity (Wildman–Crippen MR) is 70.6 cm³/mol. The van der Waals surface area contributed by atoms with E-state index in [0.29, 0.717) is 6.61 Å². The molecule has 1 N–H and O–H groups in total. The summed E-state index contributed by atoms with van der Waals surface area (Å²) in [5, 5.41) is 10.3.